The molecule has 1 aromatic heterocycles. The Morgan fingerprint density at radius 2 is 2.00 bits per heavy atom. The van der Waals surface area contributed by atoms with Crippen molar-refractivity contribution in [2.45, 2.75) is 0 Å². The van der Waals surface area contributed by atoms with E-state index in [9.17, 15) is 9.59 Å². The van der Waals surface area contributed by atoms with Crippen molar-refractivity contribution in [3.63, 3.8) is 0 Å². The highest BCUT2D eigenvalue weighted by molar-refractivity contribution is 5.77. The minimum absolute atomic E-state index is 0.0799. The van der Waals surface area contributed by atoms with Gasteiger partial charge in [-0.2, -0.15) is 0 Å². The van der Waals surface area contributed by atoms with Crippen LogP contribution in [0.3, 0.4) is 0 Å². The minimum atomic E-state index is -0.535. The first kappa shape index (κ1) is 11.1. The van der Waals surface area contributed by atoms with E-state index >= 15 is 0 Å². The van der Waals surface area contributed by atoms with E-state index in [1.54, 1.807) is 12.4 Å². The zero-order chi connectivity index (χ0) is 9.94. The summed E-state index contributed by atoms with van der Waals surface area (Å²) in [6.07, 6.45) is 3.92. The highest BCUT2D eigenvalue weighted by Gasteiger charge is 1.85. The normalized spacial score (nSPS) is 7.69. The van der Waals surface area contributed by atoms with E-state index in [0.717, 1.165) is 0 Å². The molecule has 1 aromatic rings. The summed E-state index contributed by atoms with van der Waals surface area (Å²) in [6.45, 7) is -0.0799. The molecule has 2 amide bonds. The van der Waals surface area contributed by atoms with Crippen molar-refractivity contribution >= 4 is 12.3 Å². The third-order valence-corrected chi connectivity index (χ3v) is 0.926. The lowest BCUT2D eigenvalue weighted by Gasteiger charge is -1.86. The molecule has 0 unspecified atom stereocenters. The average Bonchev–Trinajstić information content (AvgIpc) is 2.18. The molecule has 0 saturated carbocycles. The molecule has 0 aliphatic rings. The van der Waals surface area contributed by atoms with Gasteiger partial charge in [0.25, 0.3) is 0 Å². The summed E-state index contributed by atoms with van der Waals surface area (Å²) in [5, 5.41) is 2.09. The summed E-state index contributed by atoms with van der Waals surface area (Å²) < 4.78 is 0. The lowest BCUT2D eigenvalue weighted by Crippen LogP contribution is -2.27. The van der Waals surface area contributed by atoms with Crippen LogP contribution in [-0.4, -0.2) is 23.8 Å². The lowest BCUT2D eigenvalue weighted by atomic mass is 10.5. The minimum Gasteiger partial charge on any atom is -0.368 e. The quantitative estimate of drug-likeness (QED) is 0.604. The van der Waals surface area contributed by atoms with Crippen molar-refractivity contribution in [2.24, 2.45) is 5.73 Å². The molecule has 13 heavy (non-hydrogen) atoms. The van der Waals surface area contributed by atoms with Crippen LogP contribution in [0.15, 0.2) is 30.6 Å². The van der Waals surface area contributed by atoms with E-state index in [2.05, 4.69) is 16.0 Å². The van der Waals surface area contributed by atoms with E-state index in [-0.39, 0.29) is 6.54 Å². The summed E-state index contributed by atoms with van der Waals surface area (Å²) in [7, 11) is 0. The number of pyridine rings is 1. The standard InChI is InChI=1S/C5H5N.C3H6N2O2/c1-2-4-6-5-3-1;4-3(7)1-5-2-6/h1-5H;2H,1H2,(H2,4,7)(H,5,6). The summed E-state index contributed by atoms with van der Waals surface area (Å²) in [4.78, 5) is 22.9. The molecule has 3 N–H and O–H groups in total. The lowest BCUT2D eigenvalue weighted by molar-refractivity contribution is -0.119. The molecule has 0 fully saturated rings. The number of nitrogens with zero attached hydrogens (tertiary/aromatic N) is 1. The molecule has 70 valence electrons. The van der Waals surface area contributed by atoms with Gasteiger partial charge in [0, 0.05) is 12.4 Å². The van der Waals surface area contributed by atoms with Gasteiger partial charge in [-0.25, -0.2) is 0 Å². The molecule has 0 aliphatic carbocycles. The Bertz CT molecular complexity index is 212. The van der Waals surface area contributed by atoms with Crippen molar-refractivity contribution in [3.8, 4) is 0 Å². The number of carbonyl (C=O) groups excluding carboxylic acids is 2. The average molecular weight is 181 g/mol. The molecule has 0 atom stereocenters. The summed E-state index contributed by atoms with van der Waals surface area (Å²) >= 11 is 0. The van der Waals surface area contributed by atoms with Crippen LogP contribution in [0.5, 0.6) is 0 Å². The zero-order valence-electron chi connectivity index (χ0n) is 7.01. The number of amides is 2. The molecule has 1 heterocycles. The van der Waals surface area contributed by atoms with E-state index in [0.29, 0.717) is 6.41 Å². The molecule has 0 saturated heterocycles. The van der Waals surface area contributed by atoms with Crippen LogP contribution < -0.4 is 11.1 Å². The number of nitrogens with two attached hydrogens (primary N) is 1. The molecule has 0 aliphatic heterocycles. The van der Waals surface area contributed by atoms with E-state index in [4.69, 9.17) is 0 Å². The van der Waals surface area contributed by atoms with Crippen LogP contribution in [0.1, 0.15) is 0 Å². The number of aromatic nitrogens is 1. The maximum Gasteiger partial charge on any atom is 0.236 e. The third kappa shape index (κ3) is 10.1. The van der Waals surface area contributed by atoms with Gasteiger partial charge in [0.1, 0.15) is 0 Å². The number of hydrogen-bond acceptors (Lipinski definition) is 3. The second-order valence-electron chi connectivity index (χ2n) is 1.99. The fraction of sp³-hybridized carbons (Fsp3) is 0.125. The van der Waals surface area contributed by atoms with Gasteiger partial charge in [-0.05, 0) is 12.1 Å². The molecule has 5 heteroatoms. The van der Waals surface area contributed by atoms with E-state index in [1.165, 1.54) is 0 Å². The largest absolute Gasteiger partial charge is 0.368 e. The third-order valence-electron chi connectivity index (χ3n) is 0.926. The molecule has 0 spiro atoms. The number of hydrogen-bond donors (Lipinski definition) is 2. The second-order valence-corrected chi connectivity index (χ2v) is 1.99. The second kappa shape index (κ2) is 8.19. The number of carbonyl (C=O) groups is 2. The summed E-state index contributed by atoms with van der Waals surface area (Å²) in [6, 6.07) is 5.72. The van der Waals surface area contributed by atoms with Gasteiger partial charge in [-0.1, -0.05) is 6.07 Å². The van der Waals surface area contributed by atoms with Crippen LogP contribution >= 0.6 is 0 Å². The molecule has 0 aromatic carbocycles. The monoisotopic (exact) mass is 181 g/mol. The van der Waals surface area contributed by atoms with Crippen molar-refractivity contribution in [3.05, 3.63) is 30.6 Å². The molecular formula is C8H11N3O2. The Labute approximate surface area is 76.0 Å². The summed E-state index contributed by atoms with van der Waals surface area (Å²) in [5.41, 5.74) is 4.62. The van der Waals surface area contributed by atoms with Gasteiger partial charge in [-0.15, -0.1) is 0 Å². The first-order valence-corrected chi connectivity index (χ1v) is 3.57. The van der Waals surface area contributed by atoms with Crippen molar-refractivity contribution in [2.75, 3.05) is 6.54 Å². The Balaban J connectivity index is 0.000000223. The Hall–Kier alpha value is -1.91. The van der Waals surface area contributed by atoms with E-state index < -0.39 is 5.91 Å². The number of nitrogens with one attached hydrogen (secondary N) is 1. The number of primary amides is 1. The van der Waals surface area contributed by atoms with Crippen LogP contribution in [0, 0.1) is 0 Å². The Kier molecular flexibility index (Phi) is 6.99. The molecular weight excluding hydrogens is 170 g/mol. The first-order chi connectivity index (χ1) is 6.27. The van der Waals surface area contributed by atoms with Gasteiger partial charge in [0.15, 0.2) is 0 Å². The van der Waals surface area contributed by atoms with Crippen molar-refractivity contribution in [1.29, 1.82) is 0 Å². The zero-order valence-corrected chi connectivity index (χ0v) is 7.01. The Morgan fingerprint density at radius 3 is 2.15 bits per heavy atom. The predicted molar refractivity (Wildman–Crippen MR) is 47.5 cm³/mol. The van der Waals surface area contributed by atoms with Gasteiger partial charge >= 0.3 is 0 Å². The van der Waals surface area contributed by atoms with Crippen LogP contribution in [0.4, 0.5) is 0 Å². The SMILES string of the molecule is NC(=O)CNC=O.c1ccncc1. The number of rotatable bonds is 3. The smallest absolute Gasteiger partial charge is 0.236 e. The van der Waals surface area contributed by atoms with Crippen molar-refractivity contribution in [1.82, 2.24) is 10.3 Å². The van der Waals surface area contributed by atoms with Crippen LogP contribution in [0.25, 0.3) is 0 Å². The molecule has 1 rings (SSSR count). The first-order valence-electron chi connectivity index (χ1n) is 3.57. The topological polar surface area (TPSA) is 85.1 Å². The van der Waals surface area contributed by atoms with Gasteiger partial charge in [0.2, 0.25) is 12.3 Å². The van der Waals surface area contributed by atoms with Crippen LogP contribution in [-0.2, 0) is 9.59 Å². The van der Waals surface area contributed by atoms with E-state index in [1.807, 2.05) is 18.2 Å². The Morgan fingerprint density at radius 1 is 1.38 bits per heavy atom. The summed E-state index contributed by atoms with van der Waals surface area (Å²) in [5.74, 6) is -0.535. The molecule has 0 radical (unpaired) electrons. The maximum atomic E-state index is 9.76. The maximum absolute atomic E-state index is 9.76. The fourth-order valence-corrected chi connectivity index (χ4v) is 0.455. The fourth-order valence-electron chi connectivity index (χ4n) is 0.455. The van der Waals surface area contributed by atoms with Gasteiger partial charge in [0.05, 0.1) is 6.54 Å². The molecule has 5 nitrogen and oxygen atoms in total. The van der Waals surface area contributed by atoms with Gasteiger partial charge in [-0.3, -0.25) is 14.6 Å². The van der Waals surface area contributed by atoms with Crippen molar-refractivity contribution < 1.29 is 9.59 Å². The highest BCUT2D eigenvalue weighted by Crippen LogP contribution is 1.73. The van der Waals surface area contributed by atoms with Gasteiger partial charge < -0.3 is 11.1 Å². The van der Waals surface area contributed by atoms with Crippen LogP contribution in [0.2, 0.25) is 0 Å². The highest BCUT2D eigenvalue weighted by atomic mass is 16.2. The predicted octanol–water partition coefficient (Wildman–Crippen LogP) is -0.701. The molecule has 0 bridgehead atoms.